The maximum atomic E-state index is 13.4. The molecule has 0 aliphatic carbocycles. The molecule has 0 spiro atoms. The van der Waals surface area contributed by atoms with Gasteiger partial charge in [-0.25, -0.2) is 4.39 Å². The van der Waals surface area contributed by atoms with Crippen LogP contribution in [0.1, 0.15) is 28.6 Å². The number of aryl methyl sites for hydroxylation is 3. The van der Waals surface area contributed by atoms with Crippen LogP contribution < -0.4 is 5.32 Å². The van der Waals surface area contributed by atoms with Crippen molar-refractivity contribution >= 4 is 0 Å². The third kappa shape index (κ3) is 3.01. The van der Waals surface area contributed by atoms with E-state index in [0.717, 1.165) is 28.9 Å². The lowest BCUT2D eigenvalue weighted by Gasteiger charge is -2.19. The lowest BCUT2D eigenvalue weighted by atomic mass is 9.97. The van der Waals surface area contributed by atoms with Crippen LogP contribution in [0.5, 0.6) is 0 Å². The van der Waals surface area contributed by atoms with Crippen molar-refractivity contribution in [3.63, 3.8) is 0 Å². The van der Waals surface area contributed by atoms with Crippen molar-refractivity contribution in [1.29, 1.82) is 0 Å². The molecule has 2 rings (SSSR count). The third-order valence-corrected chi connectivity index (χ3v) is 3.48. The fraction of sp³-hybridized carbons (Fsp3) is 0.400. The van der Waals surface area contributed by atoms with Gasteiger partial charge in [0.05, 0.1) is 5.69 Å². The summed E-state index contributed by atoms with van der Waals surface area (Å²) >= 11 is 0. The van der Waals surface area contributed by atoms with Gasteiger partial charge < -0.3 is 5.32 Å². The molecule has 1 N–H and O–H groups in total. The highest BCUT2D eigenvalue weighted by atomic mass is 19.1. The van der Waals surface area contributed by atoms with E-state index in [1.807, 2.05) is 38.7 Å². The van der Waals surface area contributed by atoms with E-state index in [1.165, 1.54) is 6.07 Å². The van der Waals surface area contributed by atoms with Gasteiger partial charge in [0.15, 0.2) is 0 Å². The molecule has 3 nitrogen and oxygen atoms in total. The smallest absolute Gasteiger partial charge is 0.123 e. The van der Waals surface area contributed by atoms with Crippen LogP contribution in [0.25, 0.3) is 0 Å². The number of nitrogens with zero attached hydrogens (tertiary/aromatic N) is 2. The van der Waals surface area contributed by atoms with Gasteiger partial charge in [-0.05, 0) is 50.2 Å². The van der Waals surface area contributed by atoms with Gasteiger partial charge >= 0.3 is 0 Å². The topological polar surface area (TPSA) is 29.9 Å². The lowest BCUT2D eigenvalue weighted by Crippen LogP contribution is -2.21. The van der Waals surface area contributed by atoms with Crippen LogP contribution in [0, 0.1) is 19.7 Å². The summed E-state index contributed by atoms with van der Waals surface area (Å²) in [6, 6.07) is 7.09. The van der Waals surface area contributed by atoms with E-state index in [2.05, 4.69) is 16.5 Å². The molecule has 1 aromatic heterocycles. The van der Waals surface area contributed by atoms with Gasteiger partial charge in [-0.15, -0.1) is 0 Å². The summed E-state index contributed by atoms with van der Waals surface area (Å²) in [6.45, 7) is 3.99. The minimum Gasteiger partial charge on any atom is -0.313 e. The molecule has 1 unspecified atom stereocenters. The molecule has 1 atom stereocenters. The number of halogens is 1. The number of aromatic nitrogens is 2. The van der Waals surface area contributed by atoms with Crippen LogP contribution in [0.3, 0.4) is 0 Å². The minimum absolute atomic E-state index is 0.0884. The van der Waals surface area contributed by atoms with Crippen molar-refractivity contribution in [1.82, 2.24) is 15.1 Å². The van der Waals surface area contributed by atoms with Crippen molar-refractivity contribution in [2.24, 2.45) is 7.05 Å². The molecule has 0 aliphatic heterocycles. The lowest BCUT2D eigenvalue weighted by molar-refractivity contribution is 0.551. The highest BCUT2D eigenvalue weighted by molar-refractivity contribution is 5.30. The van der Waals surface area contributed by atoms with Crippen molar-refractivity contribution in [3.05, 3.63) is 52.6 Å². The first kappa shape index (κ1) is 13.7. The molecule has 4 heteroatoms. The Morgan fingerprint density at radius 2 is 2.05 bits per heavy atom. The number of hydrogen-bond acceptors (Lipinski definition) is 2. The Bertz CT molecular complexity index is 575. The average Bonchev–Trinajstić information content (AvgIpc) is 2.68. The highest BCUT2D eigenvalue weighted by Gasteiger charge is 2.15. The Kier molecular flexibility index (Phi) is 4.00. The fourth-order valence-corrected chi connectivity index (χ4v) is 2.42. The highest BCUT2D eigenvalue weighted by Crippen LogP contribution is 2.22. The Hall–Kier alpha value is -1.68. The zero-order valence-electron chi connectivity index (χ0n) is 11.9. The number of rotatable bonds is 4. The Balaban J connectivity index is 2.30. The van der Waals surface area contributed by atoms with Crippen molar-refractivity contribution in [2.75, 3.05) is 7.05 Å². The molecule has 1 aromatic carbocycles. The van der Waals surface area contributed by atoms with E-state index in [9.17, 15) is 4.39 Å². The quantitative estimate of drug-likeness (QED) is 0.917. The summed E-state index contributed by atoms with van der Waals surface area (Å²) < 4.78 is 15.3. The zero-order valence-corrected chi connectivity index (χ0v) is 11.9. The van der Waals surface area contributed by atoms with E-state index in [0.29, 0.717) is 0 Å². The number of nitrogens with one attached hydrogen (secondary N) is 1. The van der Waals surface area contributed by atoms with Crippen molar-refractivity contribution < 1.29 is 4.39 Å². The standard InChI is InChI=1S/C15H20FN3/c1-10-5-6-12(16)8-14(10)15(17-3)9-13-7-11(2)18-19(13)4/h5-8,15,17H,9H2,1-4H3. The predicted molar refractivity (Wildman–Crippen MR) is 74.6 cm³/mol. The van der Waals surface area contributed by atoms with E-state index >= 15 is 0 Å². The van der Waals surface area contributed by atoms with Gasteiger partial charge in [0.25, 0.3) is 0 Å². The van der Waals surface area contributed by atoms with Crippen LogP contribution in [0.15, 0.2) is 24.3 Å². The SMILES string of the molecule is CNC(Cc1cc(C)nn1C)c1cc(F)ccc1C. The number of likely N-dealkylation sites (N-methyl/N-ethyl adjacent to an activating group) is 1. The zero-order chi connectivity index (χ0) is 14.0. The molecule has 0 bridgehead atoms. The first-order valence-electron chi connectivity index (χ1n) is 6.44. The largest absolute Gasteiger partial charge is 0.313 e. The van der Waals surface area contributed by atoms with Crippen LogP contribution >= 0.6 is 0 Å². The summed E-state index contributed by atoms with van der Waals surface area (Å²) in [4.78, 5) is 0. The Morgan fingerprint density at radius 3 is 2.63 bits per heavy atom. The molecule has 0 radical (unpaired) electrons. The summed E-state index contributed by atoms with van der Waals surface area (Å²) in [5.74, 6) is -0.193. The van der Waals surface area contributed by atoms with Crippen LogP contribution in [-0.4, -0.2) is 16.8 Å². The van der Waals surface area contributed by atoms with Crippen LogP contribution in [0.2, 0.25) is 0 Å². The maximum absolute atomic E-state index is 13.4. The second-order valence-electron chi connectivity index (χ2n) is 4.95. The minimum atomic E-state index is -0.193. The van der Waals surface area contributed by atoms with Gasteiger partial charge in [-0.3, -0.25) is 4.68 Å². The summed E-state index contributed by atoms with van der Waals surface area (Å²) in [7, 11) is 3.84. The maximum Gasteiger partial charge on any atom is 0.123 e. The second-order valence-corrected chi connectivity index (χ2v) is 4.95. The van der Waals surface area contributed by atoms with Gasteiger partial charge in [0, 0.05) is 25.2 Å². The molecular weight excluding hydrogens is 241 g/mol. The first-order chi connectivity index (χ1) is 9.01. The molecule has 1 heterocycles. The number of benzene rings is 1. The fourth-order valence-electron chi connectivity index (χ4n) is 2.42. The van der Waals surface area contributed by atoms with Crippen LogP contribution in [0.4, 0.5) is 4.39 Å². The normalized spacial score (nSPS) is 12.7. The molecule has 2 aromatic rings. The van der Waals surface area contributed by atoms with E-state index in [-0.39, 0.29) is 11.9 Å². The van der Waals surface area contributed by atoms with E-state index in [4.69, 9.17) is 0 Å². The molecule has 0 saturated carbocycles. The average molecular weight is 261 g/mol. The first-order valence-corrected chi connectivity index (χ1v) is 6.44. The van der Waals surface area contributed by atoms with E-state index in [1.54, 1.807) is 6.07 Å². The molecular formula is C15H20FN3. The number of hydrogen-bond donors (Lipinski definition) is 1. The van der Waals surface area contributed by atoms with Gasteiger partial charge in [-0.1, -0.05) is 6.07 Å². The van der Waals surface area contributed by atoms with Crippen LogP contribution in [-0.2, 0) is 13.5 Å². The summed E-state index contributed by atoms with van der Waals surface area (Å²) in [5.41, 5.74) is 4.24. The van der Waals surface area contributed by atoms with E-state index < -0.39 is 0 Å². The van der Waals surface area contributed by atoms with Gasteiger partial charge in [0.1, 0.15) is 5.82 Å². The molecule has 0 saturated heterocycles. The molecule has 102 valence electrons. The van der Waals surface area contributed by atoms with Gasteiger partial charge in [-0.2, -0.15) is 5.10 Å². The monoisotopic (exact) mass is 261 g/mol. The van der Waals surface area contributed by atoms with Crippen molar-refractivity contribution in [3.8, 4) is 0 Å². The van der Waals surface area contributed by atoms with Gasteiger partial charge in [0.2, 0.25) is 0 Å². The third-order valence-electron chi connectivity index (χ3n) is 3.48. The predicted octanol–water partition coefficient (Wildman–Crippen LogP) is 2.68. The Labute approximate surface area is 113 Å². The summed E-state index contributed by atoms with van der Waals surface area (Å²) in [5, 5.41) is 7.61. The summed E-state index contributed by atoms with van der Waals surface area (Å²) in [6.07, 6.45) is 0.790. The Morgan fingerprint density at radius 1 is 1.32 bits per heavy atom. The molecule has 0 fully saturated rings. The molecule has 0 amide bonds. The second kappa shape index (κ2) is 5.53. The molecule has 0 aliphatic rings. The molecule has 19 heavy (non-hydrogen) atoms. The van der Waals surface area contributed by atoms with Crippen molar-refractivity contribution in [2.45, 2.75) is 26.3 Å².